The molecule has 1 aliphatic heterocycles. The van der Waals surface area contributed by atoms with Gasteiger partial charge in [0.15, 0.2) is 0 Å². The van der Waals surface area contributed by atoms with Crippen LogP contribution in [0.1, 0.15) is 81.1 Å². The molecule has 0 spiro atoms. The molecule has 1 saturated carbocycles. The van der Waals surface area contributed by atoms with Gasteiger partial charge in [-0.25, -0.2) is 9.59 Å². The molecule has 2 rings (SSSR count). The Hall–Kier alpha value is -2.65. The van der Waals surface area contributed by atoms with Crippen molar-refractivity contribution in [1.29, 1.82) is 0 Å². The average molecular weight is 510 g/mol. The van der Waals surface area contributed by atoms with E-state index in [1.807, 2.05) is 34.6 Å². The monoisotopic (exact) mass is 509 g/mol. The summed E-state index contributed by atoms with van der Waals surface area (Å²) in [6, 6.07) is -2.97. The van der Waals surface area contributed by atoms with E-state index in [2.05, 4.69) is 10.6 Å². The van der Waals surface area contributed by atoms with Gasteiger partial charge in [0, 0.05) is 6.54 Å². The molecule has 1 heterocycles. The number of hydrogen-bond acceptors (Lipinski definition) is 6. The summed E-state index contributed by atoms with van der Waals surface area (Å²) >= 11 is 0. The minimum absolute atomic E-state index is 0.0314. The third-order valence-corrected chi connectivity index (χ3v) is 6.75. The largest absolute Gasteiger partial charge is 0.475 e. The molecule has 2 unspecified atom stereocenters. The number of aliphatic carboxylic acids is 1. The van der Waals surface area contributed by atoms with Crippen molar-refractivity contribution < 1.29 is 33.8 Å². The van der Waals surface area contributed by atoms with E-state index in [9.17, 15) is 29.1 Å². The molecule has 1 saturated heterocycles. The van der Waals surface area contributed by atoms with Crippen LogP contribution < -0.4 is 10.6 Å². The molecule has 0 radical (unpaired) electrons. The second kappa shape index (κ2) is 11.2. The molecule has 2 aliphatic rings. The van der Waals surface area contributed by atoms with E-state index in [4.69, 9.17) is 4.74 Å². The Morgan fingerprint density at radius 2 is 1.58 bits per heavy atom. The maximum atomic E-state index is 13.8. The number of rotatable bonds is 9. The molecule has 4 atom stereocenters. The molecular weight excluding hydrogens is 466 g/mol. The molecule has 0 bridgehead atoms. The summed E-state index contributed by atoms with van der Waals surface area (Å²) in [5, 5.41) is 14.5. The standard InChI is InChI=1S/C26H43N3O7/c1-14(2)16-12-18(21(31)27-17(11-15-9-10-15)19(30)23(33)34)29(13-16)22(32)20(25(3,4)5)28-24(35)36-26(6,7)8/h14-18,20H,9-13H2,1-8H3,(H,27,31)(H,28,35)(H,33,34)/t16-,17?,18+,20?/m1/s1. The average Bonchev–Trinajstić information content (AvgIpc) is 3.41. The Balaban J connectivity index is 2.28. The molecule has 3 N–H and O–H groups in total. The van der Waals surface area contributed by atoms with Gasteiger partial charge in [0.25, 0.3) is 5.78 Å². The second-order valence-electron chi connectivity index (χ2n) is 12.6. The van der Waals surface area contributed by atoms with Gasteiger partial charge in [-0.3, -0.25) is 14.4 Å². The van der Waals surface area contributed by atoms with Crippen LogP contribution in [0.25, 0.3) is 0 Å². The number of Topliss-reactive ketones (excluding diaryl/α,β-unsaturated/α-hetero) is 1. The number of carboxylic acids is 1. The van der Waals surface area contributed by atoms with Crippen LogP contribution >= 0.6 is 0 Å². The molecule has 3 amide bonds. The normalized spacial score (nSPS) is 22.1. The van der Waals surface area contributed by atoms with E-state index >= 15 is 0 Å². The van der Waals surface area contributed by atoms with Crippen molar-refractivity contribution in [2.45, 2.75) is 105 Å². The van der Waals surface area contributed by atoms with Crippen molar-refractivity contribution >= 4 is 29.7 Å². The highest BCUT2D eigenvalue weighted by atomic mass is 16.6. The fourth-order valence-corrected chi connectivity index (χ4v) is 4.42. The van der Waals surface area contributed by atoms with Gasteiger partial charge in [0.1, 0.15) is 17.7 Å². The van der Waals surface area contributed by atoms with Gasteiger partial charge >= 0.3 is 12.1 Å². The Morgan fingerprint density at radius 3 is 2.03 bits per heavy atom. The topological polar surface area (TPSA) is 142 Å². The van der Waals surface area contributed by atoms with Crippen molar-refractivity contribution in [3.05, 3.63) is 0 Å². The van der Waals surface area contributed by atoms with Crippen LogP contribution in [0, 0.1) is 23.2 Å². The van der Waals surface area contributed by atoms with E-state index in [1.54, 1.807) is 20.8 Å². The first-order valence-electron chi connectivity index (χ1n) is 12.8. The highest BCUT2D eigenvalue weighted by molar-refractivity contribution is 6.35. The summed E-state index contributed by atoms with van der Waals surface area (Å²) in [7, 11) is 0. The van der Waals surface area contributed by atoms with Gasteiger partial charge in [0.05, 0.1) is 6.04 Å². The molecule has 10 nitrogen and oxygen atoms in total. The van der Waals surface area contributed by atoms with Crippen molar-refractivity contribution in [3.8, 4) is 0 Å². The lowest BCUT2D eigenvalue weighted by atomic mass is 9.85. The van der Waals surface area contributed by atoms with Gasteiger partial charge in [-0.1, -0.05) is 47.5 Å². The van der Waals surface area contributed by atoms with Crippen LogP contribution in [0.4, 0.5) is 4.79 Å². The number of carbonyl (C=O) groups is 5. The third-order valence-electron chi connectivity index (χ3n) is 6.75. The van der Waals surface area contributed by atoms with E-state index in [0.29, 0.717) is 13.0 Å². The zero-order valence-electron chi connectivity index (χ0n) is 22.8. The first-order valence-corrected chi connectivity index (χ1v) is 12.8. The summed E-state index contributed by atoms with van der Waals surface area (Å²) in [6.07, 6.45) is 1.72. The molecule has 1 aliphatic carbocycles. The molecule has 0 aromatic rings. The minimum atomic E-state index is -1.59. The van der Waals surface area contributed by atoms with Crippen LogP contribution in [-0.2, 0) is 23.9 Å². The predicted octanol–water partition coefficient (Wildman–Crippen LogP) is 2.74. The van der Waals surface area contributed by atoms with Gasteiger partial charge < -0.3 is 25.4 Å². The number of hydrogen-bond donors (Lipinski definition) is 3. The Labute approximate surface area is 213 Å². The van der Waals surface area contributed by atoms with Crippen molar-refractivity contribution in [3.63, 3.8) is 0 Å². The molecule has 2 fully saturated rings. The van der Waals surface area contributed by atoms with Gasteiger partial charge in [-0.2, -0.15) is 0 Å². The number of nitrogens with one attached hydrogen (secondary N) is 2. The molecule has 10 heteroatoms. The fraction of sp³-hybridized carbons (Fsp3) is 0.808. The number of carbonyl (C=O) groups excluding carboxylic acids is 4. The fourth-order valence-electron chi connectivity index (χ4n) is 4.42. The van der Waals surface area contributed by atoms with Crippen molar-refractivity contribution in [1.82, 2.24) is 15.5 Å². The lowest BCUT2D eigenvalue weighted by molar-refractivity contribution is -0.151. The first-order chi connectivity index (χ1) is 16.4. The molecule has 0 aromatic heterocycles. The van der Waals surface area contributed by atoms with E-state index in [-0.39, 0.29) is 24.2 Å². The smallest absolute Gasteiger partial charge is 0.408 e. The summed E-state index contributed by atoms with van der Waals surface area (Å²) in [5.74, 6) is -3.17. The quantitative estimate of drug-likeness (QED) is 0.406. The zero-order chi connectivity index (χ0) is 27.6. The SMILES string of the molecule is CC(C)[C@@H]1C[C@@H](C(=O)NC(CC2CC2)C(=O)C(=O)O)N(C(=O)C(NC(=O)OC(C)(C)C)C(C)(C)C)C1. The maximum Gasteiger partial charge on any atom is 0.408 e. The lowest BCUT2D eigenvalue weighted by Gasteiger charge is -2.36. The Bertz CT molecular complexity index is 868. The molecule has 204 valence electrons. The summed E-state index contributed by atoms with van der Waals surface area (Å²) in [4.78, 5) is 64.8. The predicted molar refractivity (Wildman–Crippen MR) is 133 cm³/mol. The molecule has 0 aromatic carbocycles. The summed E-state index contributed by atoms with van der Waals surface area (Å²) in [6.45, 7) is 15.0. The van der Waals surface area contributed by atoms with Crippen LogP contribution in [-0.4, -0.2) is 69.9 Å². The van der Waals surface area contributed by atoms with Crippen LogP contribution in [0.2, 0.25) is 0 Å². The first kappa shape index (κ1) is 29.6. The summed E-state index contributed by atoms with van der Waals surface area (Å²) < 4.78 is 5.36. The Kier molecular flexibility index (Phi) is 9.18. The number of ketones is 1. The number of amides is 3. The number of nitrogens with zero attached hydrogens (tertiary/aromatic N) is 1. The summed E-state index contributed by atoms with van der Waals surface area (Å²) in [5.41, 5.74) is -1.43. The van der Waals surface area contributed by atoms with Crippen LogP contribution in [0.5, 0.6) is 0 Å². The lowest BCUT2D eigenvalue weighted by Crippen LogP contribution is -2.59. The van der Waals surface area contributed by atoms with Gasteiger partial charge in [0.2, 0.25) is 11.8 Å². The maximum absolute atomic E-state index is 13.8. The zero-order valence-corrected chi connectivity index (χ0v) is 22.8. The van der Waals surface area contributed by atoms with Crippen LogP contribution in [0.15, 0.2) is 0 Å². The minimum Gasteiger partial charge on any atom is -0.475 e. The highest BCUT2D eigenvalue weighted by Gasteiger charge is 2.46. The highest BCUT2D eigenvalue weighted by Crippen LogP contribution is 2.35. The molecule has 36 heavy (non-hydrogen) atoms. The Morgan fingerprint density at radius 1 is 1.00 bits per heavy atom. The van der Waals surface area contributed by atoms with E-state index in [1.165, 1.54) is 4.90 Å². The number of ether oxygens (including phenoxy) is 1. The van der Waals surface area contributed by atoms with Gasteiger partial charge in [-0.15, -0.1) is 0 Å². The third kappa shape index (κ3) is 8.20. The van der Waals surface area contributed by atoms with Gasteiger partial charge in [-0.05, 0) is 56.8 Å². The van der Waals surface area contributed by atoms with E-state index in [0.717, 1.165) is 12.8 Å². The number of likely N-dealkylation sites (tertiary alicyclic amines) is 1. The number of alkyl carbamates (subject to hydrolysis) is 1. The second-order valence-corrected chi connectivity index (χ2v) is 12.6. The van der Waals surface area contributed by atoms with Crippen molar-refractivity contribution in [2.75, 3.05) is 6.54 Å². The van der Waals surface area contributed by atoms with Crippen molar-refractivity contribution in [2.24, 2.45) is 23.2 Å². The van der Waals surface area contributed by atoms with E-state index < -0.39 is 58.8 Å². The number of carboxylic acid groups (broad SMARTS) is 1. The van der Waals surface area contributed by atoms with Crippen LogP contribution in [0.3, 0.4) is 0 Å². The molecular formula is C26H43N3O7.